The molecular formula is C18H28N4O3. The average molecular weight is 348 g/mol. The highest BCUT2D eigenvalue weighted by Crippen LogP contribution is 2.25. The number of aliphatic imine (C=N–C) groups is 1. The number of anilines is 1. The molecule has 1 aromatic carbocycles. The van der Waals surface area contributed by atoms with Crippen LogP contribution in [0.4, 0.5) is 5.69 Å². The van der Waals surface area contributed by atoms with Crippen molar-refractivity contribution < 1.29 is 14.3 Å². The van der Waals surface area contributed by atoms with Crippen molar-refractivity contribution >= 4 is 17.6 Å². The van der Waals surface area contributed by atoms with E-state index in [-0.39, 0.29) is 12.0 Å². The van der Waals surface area contributed by atoms with Gasteiger partial charge in [0.25, 0.3) is 0 Å². The largest absolute Gasteiger partial charge is 0.495 e. The SMILES string of the molecule is CCNC(=NCc1ccc(OC)c(NC(C)=O)c1)NCC1CCCO1. The topological polar surface area (TPSA) is 84.0 Å². The zero-order valence-electron chi connectivity index (χ0n) is 15.2. The Kier molecular flexibility index (Phi) is 7.53. The molecule has 0 bridgehead atoms. The summed E-state index contributed by atoms with van der Waals surface area (Å²) in [7, 11) is 1.58. The predicted molar refractivity (Wildman–Crippen MR) is 99.1 cm³/mol. The fraction of sp³-hybridized carbons (Fsp3) is 0.556. The molecule has 1 aliphatic rings. The van der Waals surface area contributed by atoms with E-state index >= 15 is 0 Å². The number of amides is 1. The molecule has 2 rings (SSSR count). The number of methoxy groups -OCH3 is 1. The summed E-state index contributed by atoms with van der Waals surface area (Å²) < 4.78 is 10.9. The number of hydrogen-bond donors (Lipinski definition) is 3. The Bertz CT molecular complexity index is 598. The molecule has 0 spiro atoms. The van der Waals surface area contributed by atoms with Crippen LogP contribution in [-0.4, -0.2) is 44.8 Å². The molecule has 0 aliphatic carbocycles. The second-order valence-electron chi connectivity index (χ2n) is 5.93. The van der Waals surface area contributed by atoms with Gasteiger partial charge < -0.3 is 25.4 Å². The van der Waals surface area contributed by atoms with E-state index in [0.29, 0.717) is 18.0 Å². The van der Waals surface area contributed by atoms with Crippen LogP contribution >= 0.6 is 0 Å². The summed E-state index contributed by atoms with van der Waals surface area (Å²) >= 11 is 0. The van der Waals surface area contributed by atoms with Crippen molar-refractivity contribution in [2.45, 2.75) is 39.3 Å². The molecule has 1 heterocycles. The number of hydrogen-bond acceptors (Lipinski definition) is 4. The maximum Gasteiger partial charge on any atom is 0.221 e. The van der Waals surface area contributed by atoms with Gasteiger partial charge in [0.05, 0.1) is 25.4 Å². The number of guanidine groups is 1. The summed E-state index contributed by atoms with van der Waals surface area (Å²) in [6.07, 6.45) is 2.47. The Hall–Kier alpha value is -2.28. The van der Waals surface area contributed by atoms with E-state index in [1.54, 1.807) is 7.11 Å². The Labute approximate surface area is 149 Å². The van der Waals surface area contributed by atoms with Crippen LogP contribution in [-0.2, 0) is 16.1 Å². The number of nitrogens with zero attached hydrogens (tertiary/aromatic N) is 1. The maximum atomic E-state index is 11.3. The molecule has 1 atom stereocenters. The zero-order chi connectivity index (χ0) is 18.1. The van der Waals surface area contributed by atoms with Crippen LogP contribution in [0.25, 0.3) is 0 Å². The molecule has 1 unspecified atom stereocenters. The fourth-order valence-electron chi connectivity index (χ4n) is 2.67. The highest BCUT2D eigenvalue weighted by Gasteiger charge is 2.15. The molecule has 0 radical (unpaired) electrons. The van der Waals surface area contributed by atoms with E-state index in [0.717, 1.165) is 44.1 Å². The standard InChI is InChI=1S/C18H28N4O3/c1-4-19-18(21-12-15-6-5-9-25-15)20-11-14-7-8-17(24-3)16(10-14)22-13(2)23/h7-8,10,15H,4-6,9,11-12H2,1-3H3,(H,22,23)(H2,19,20,21). The van der Waals surface area contributed by atoms with Gasteiger partial charge in [0.1, 0.15) is 5.75 Å². The molecule has 25 heavy (non-hydrogen) atoms. The summed E-state index contributed by atoms with van der Waals surface area (Å²) in [5.74, 6) is 1.26. The van der Waals surface area contributed by atoms with Crippen molar-refractivity contribution in [3.63, 3.8) is 0 Å². The van der Waals surface area contributed by atoms with Gasteiger partial charge in [0.15, 0.2) is 5.96 Å². The molecule has 0 saturated carbocycles. The lowest BCUT2D eigenvalue weighted by Crippen LogP contribution is -2.41. The minimum absolute atomic E-state index is 0.134. The highest BCUT2D eigenvalue weighted by molar-refractivity contribution is 5.90. The first-order valence-electron chi connectivity index (χ1n) is 8.70. The molecule has 1 aromatic rings. The third kappa shape index (κ3) is 6.26. The normalized spacial score (nSPS) is 17.2. The first-order chi connectivity index (χ1) is 12.1. The number of benzene rings is 1. The summed E-state index contributed by atoms with van der Waals surface area (Å²) in [5.41, 5.74) is 1.64. The van der Waals surface area contributed by atoms with Crippen molar-refractivity contribution in [2.75, 3.05) is 32.1 Å². The maximum absolute atomic E-state index is 11.3. The van der Waals surface area contributed by atoms with E-state index in [1.165, 1.54) is 6.92 Å². The Morgan fingerprint density at radius 3 is 2.88 bits per heavy atom. The van der Waals surface area contributed by atoms with Gasteiger partial charge >= 0.3 is 0 Å². The molecule has 1 aliphatic heterocycles. The van der Waals surface area contributed by atoms with Crippen LogP contribution in [0.15, 0.2) is 23.2 Å². The van der Waals surface area contributed by atoms with E-state index in [1.807, 2.05) is 25.1 Å². The number of ether oxygens (including phenoxy) is 2. The third-order valence-corrected chi connectivity index (χ3v) is 3.86. The lowest BCUT2D eigenvalue weighted by Gasteiger charge is -2.15. The molecule has 1 fully saturated rings. The highest BCUT2D eigenvalue weighted by atomic mass is 16.5. The summed E-state index contributed by atoms with van der Waals surface area (Å²) in [6.45, 7) is 6.39. The van der Waals surface area contributed by atoms with Gasteiger partial charge in [-0.05, 0) is 37.5 Å². The molecular weight excluding hydrogens is 320 g/mol. The molecule has 1 amide bonds. The van der Waals surface area contributed by atoms with Gasteiger partial charge in [0.2, 0.25) is 5.91 Å². The molecule has 0 aromatic heterocycles. The first-order valence-corrected chi connectivity index (χ1v) is 8.70. The lowest BCUT2D eigenvalue weighted by molar-refractivity contribution is -0.114. The van der Waals surface area contributed by atoms with Crippen LogP contribution in [0.5, 0.6) is 5.75 Å². The van der Waals surface area contributed by atoms with Gasteiger partial charge in [-0.1, -0.05) is 6.07 Å². The lowest BCUT2D eigenvalue weighted by atomic mass is 10.2. The monoisotopic (exact) mass is 348 g/mol. The molecule has 138 valence electrons. The van der Waals surface area contributed by atoms with Crippen LogP contribution in [0, 0.1) is 0 Å². The van der Waals surface area contributed by atoms with E-state index < -0.39 is 0 Å². The average Bonchev–Trinajstić information content (AvgIpc) is 3.10. The Morgan fingerprint density at radius 1 is 1.40 bits per heavy atom. The van der Waals surface area contributed by atoms with Crippen molar-refractivity contribution in [1.82, 2.24) is 10.6 Å². The summed E-state index contributed by atoms with van der Waals surface area (Å²) in [5, 5.41) is 9.34. The number of carbonyl (C=O) groups excluding carboxylic acids is 1. The zero-order valence-corrected chi connectivity index (χ0v) is 15.2. The fourth-order valence-corrected chi connectivity index (χ4v) is 2.67. The minimum atomic E-state index is -0.134. The van der Waals surface area contributed by atoms with Gasteiger partial charge in [-0.25, -0.2) is 4.99 Å². The Morgan fingerprint density at radius 2 is 2.24 bits per heavy atom. The van der Waals surface area contributed by atoms with Gasteiger partial charge in [-0.15, -0.1) is 0 Å². The number of carbonyl (C=O) groups is 1. The minimum Gasteiger partial charge on any atom is -0.495 e. The van der Waals surface area contributed by atoms with Crippen LogP contribution in [0.2, 0.25) is 0 Å². The second kappa shape index (κ2) is 9.88. The van der Waals surface area contributed by atoms with Crippen molar-refractivity contribution in [1.29, 1.82) is 0 Å². The van der Waals surface area contributed by atoms with E-state index in [2.05, 4.69) is 20.9 Å². The van der Waals surface area contributed by atoms with Crippen molar-refractivity contribution in [3.8, 4) is 5.75 Å². The Balaban J connectivity index is 2.01. The first kappa shape index (κ1) is 19.1. The van der Waals surface area contributed by atoms with Gasteiger partial charge in [-0.3, -0.25) is 4.79 Å². The van der Waals surface area contributed by atoms with Gasteiger partial charge in [-0.2, -0.15) is 0 Å². The third-order valence-electron chi connectivity index (χ3n) is 3.86. The van der Waals surface area contributed by atoms with Crippen molar-refractivity contribution in [3.05, 3.63) is 23.8 Å². The smallest absolute Gasteiger partial charge is 0.221 e. The number of rotatable bonds is 7. The summed E-state index contributed by atoms with van der Waals surface area (Å²) in [6, 6.07) is 5.66. The van der Waals surface area contributed by atoms with Crippen molar-refractivity contribution in [2.24, 2.45) is 4.99 Å². The second-order valence-corrected chi connectivity index (χ2v) is 5.93. The predicted octanol–water partition coefficient (Wildman–Crippen LogP) is 1.89. The van der Waals surface area contributed by atoms with E-state index in [9.17, 15) is 4.79 Å². The summed E-state index contributed by atoms with van der Waals surface area (Å²) in [4.78, 5) is 15.9. The number of nitrogens with one attached hydrogen (secondary N) is 3. The molecule has 7 heteroatoms. The van der Waals surface area contributed by atoms with Crippen LogP contribution in [0.1, 0.15) is 32.3 Å². The van der Waals surface area contributed by atoms with E-state index in [4.69, 9.17) is 9.47 Å². The van der Waals surface area contributed by atoms with Crippen LogP contribution in [0.3, 0.4) is 0 Å². The molecule has 1 saturated heterocycles. The van der Waals surface area contributed by atoms with Crippen LogP contribution < -0.4 is 20.7 Å². The quantitative estimate of drug-likeness (QED) is 0.518. The van der Waals surface area contributed by atoms with Gasteiger partial charge in [0, 0.05) is 26.6 Å². The molecule has 3 N–H and O–H groups in total. The molecule has 7 nitrogen and oxygen atoms in total.